The summed E-state index contributed by atoms with van der Waals surface area (Å²) in [6.45, 7) is 2.31. The van der Waals surface area contributed by atoms with E-state index in [2.05, 4.69) is 10.6 Å². The van der Waals surface area contributed by atoms with Gasteiger partial charge in [-0.3, -0.25) is 4.79 Å². The Kier molecular flexibility index (Phi) is 3.98. The zero-order valence-corrected chi connectivity index (χ0v) is 12.1. The Balaban J connectivity index is 1.63. The Bertz CT molecular complexity index is 526. The number of hydrogen-bond acceptors (Lipinski definition) is 5. The van der Waals surface area contributed by atoms with Crippen LogP contribution in [0.2, 0.25) is 0 Å². The molecule has 2 aliphatic heterocycles. The number of methoxy groups -OCH3 is 1. The van der Waals surface area contributed by atoms with E-state index in [9.17, 15) is 4.79 Å². The van der Waals surface area contributed by atoms with Gasteiger partial charge < -0.3 is 24.8 Å². The van der Waals surface area contributed by atoms with Gasteiger partial charge in [-0.05, 0) is 37.6 Å². The molecule has 6 nitrogen and oxygen atoms in total. The highest BCUT2D eigenvalue weighted by molar-refractivity contribution is 5.95. The molecule has 1 aromatic carbocycles. The van der Waals surface area contributed by atoms with E-state index in [1.165, 1.54) is 0 Å². The summed E-state index contributed by atoms with van der Waals surface area (Å²) < 4.78 is 15.8. The predicted octanol–water partition coefficient (Wildman–Crippen LogP) is 0.914. The number of carbonyl (C=O) groups is 1. The zero-order valence-electron chi connectivity index (χ0n) is 12.1. The van der Waals surface area contributed by atoms with Crippen molar-refractivity contribution >= 4 is 5.91 Å². The van der Waals surface area contributed by atoms with Crippen LogP contribution in [0.4, 0.5) is 0 Å². The molecule has 114 valence electrons. The summed E-state index contributed by atoms with van der Waals surface area (Å²) in [5.74, 6) is 1.19. The maximum Gasteiger partial charge on any atom is 0.251 e. The van der Waals surface area contributed by atoms with Crippen molar-refractivity contribution in [3.05, 3.63) is 23.8 Å². The number of hydrogen-bond donors (Lipinski definition) is 2. The maximum atomic E-state index is 12.3. The largest absolute Gasteiger partial charge is 0.454 e. The summed E-state index contributed by atoms with van der Waals surface area (Å²) in [6.07, 6.45) is 2.10. The van der Waals surface area contributed by atoms with E-state index in [1.54, 1.807) is 25.3 Å². The van der Waals surface area contributed by atoms with Crippen molar-refractivity contribution < 1.29 is 19.0 Å². The van der Waals surface area contributed by atoms with Gasteiger partial charge in [-0.2, -0.15) is 0 Å². The summed E-state index contributed by atoms with van der Waals surface area (Å²) in [5.41, 5.74) is 0.422. The number of benzene rings is 1. The number of amides is 1. The van der Waals surface area contributed by atoms with Crippen LogP contribution in [0.25, 0.3) is 0 Å². The van der Waals surface area contributed by atoms with Crippen molar-refractivity contribution in [3.63, 3.8) is 0 Å². The topological polar surface area (TPSA) is 68.8 Å². The normalized spacial score (nSPS) is 23.3. The quantitative estimate of drug-likeness (QED) is 0.844. The molecule has 1 atom stereocenters. The lowest BCUT2D eigenvalue weighted by Crippen LogP contribution is -2.52. The number of carbonyl (C=O) groups excluding carboxylic acids is 1. The highest BCUT2D eigenvalue weighted by Gasteiger charge is 2.33. The van der Waals surface area contributed by atoms with Crippen LogP contribution in [0.1, 0.15) is 23.2 Å². The molecule has 0 spiro atoms. The average molecular weight is 292 g/mol. The van der Waals surface area contributed by atoms with E-state index in [0.717, 1.165) is 19.4 Å². The minimum Gasteiger partial charge on any atom is -0.454 e. The highest BCUT2D eigenvalue weighted by atomic mass is 16.7. The van der Waals surface area contributed by atoms with Gasteiger partial charge in [0.25, 0.3) is 5.91 Å². The van der Waals surface area contributed by atoms with E-state index in [-0.39, 0.29) is 18.2 Å². The van der Waals surface area contributed by atoms with Gasteiger partial charge in [-0.25, -0.2) is 0 Å². The second kappa shape index (κ2) is 5.91. The van der Waals surface area contributed by atoms with Gasteiger partial charge in [-0.15, -0.1) is 0 Å². The van der Waals surface area contributed by atoms with E-state index >= 15 is 0 Å². The standard InChI is InChI=1S/C15H20N2O4/c1-19-9-15(5-2-6-17-15)8-16-14(18)11-3-4-12-13(7-11)21-10-20-12/h3-4,7,17H,2,5-6,8-10H2,1H3,(H,16,18). The van der Waals surface area contributed by atoms with Crippen LogP contribution in [0.5, 0.6) is 11.5 Å². The third-order valence-electron chi connectivity index (χ3n) is 3.97. The van der Waals surface area contributed by atoms with Gasteiger partial charge in [0.2, 0.25) is 6.79 Å². The van der Waals surface area contributed by atoms with Crippen LogP contribution in [0.15, 0.2) is 18.2 Å². The van der Waals surface area contributed by atoms with Crippen molar-refractivity contribution in [2.45, 2.75) is 18.4 Å². The Morgan fingerprint density at radius 2 is 2.29 bits per heavy atom. The fraction of sp³-hybridized carbons (Fsp3) is 0.533. The summed E-state index contributed by atoms with van der Waals surface area (Å²) in [4.78, 5) is 12.3. The molecule has 2 aliphatic rings. The first kappa shape index (κ1) is 14.2. The van der Waals surface area contributed by atoms with Gasteiger partial charge >= 0.3 is 0 Å². The Morgan fingerprint density at radius 1 is 1.43 bits per heavy atom. The zero-order chi connectivity index (χ0) is 14.7. The first-order valence-electron chi connectivity index (χ1n) is 7.14. The monoisotopic (exact) mass is 292 g/mol. The van der Waals surface area contributed by atoms with Crippen molar-refractivity contribution in [1.82, 2.24) is 10.6 Å². The Hall–Kier alpha value is -1.79. The SMILES string of the molecule is COCC1(CNC(=O)c2ccc3c(c2)OCO3)CCCN1. The average Bonchev–Trinajstić information content (AvgIpc) is 3.13. The predicted molar refractivity (Wildman–Crippen MR) is 76.7 cm³/mol. The molecule has 21 heavy (non-hydrogen) atoms. The minimum atomic E-state index is -0.152. The van der Waals surface area contributed by atoms with Crippen LogP contribution in [-0.2, 0) is 4.74 Å². The summed E-state index contributed by atoms with van der Waals surface area (Å²) >= 11 is 0. The second-order valence-corrected chi connectivity index (χ2v) is 5.49. The molecular weight excluding hydrogens is 272 g/mol. The molecule has 2 heterocycles. The van der Waals surface area contributed by atoms with Gasteiger partial charge in [0.15, 0.2) is 11.5 Å². The molecule has 2 N–H and O–H groups in total. The molecule has 0 saturated carbocycles. The fourth-order valence-corrected chi connectivity index (χ4v) is 2.86. The van der Waals surface area contributed by atoms with E-state index in [0.29, 0.717) is 30.2 Å². The van der Waals surface area contributed by atoms with Crippen molar-refractivity contribution in [1.29, 1.82) is 0 Å². The molecule has 1 amide bonds. The summed E-state index contributed by atoms with van der Waals surface area (Å²) in [6, 6.07) is 5.21. The van der Waals surface area contributed by atoms with Crippen LogP contribution in [0.3, 0.4) is 0 Å². The molecule has 0 aliphatic carbocycles. The molecule has 1 saturated heterocycles. The van der Waals surface area contributed by atoms with Gasteiger partial charge in [-0.1, -0.05) is 0 Å². The molecule has 1 fully saturated rings. The lowest BCUT2D eigenvalue weighted by atomic mass is 9.98. The summed E-state index contributed by atoms with van der Waals surface area (Å²) in [5, 5.41) is 6.42. The number of ether oxygens (including phenoxy) is 3. The first-order chi connectivity index (χ1) is 10.2. The molecule has 6 heteroatoms. The lowest BCUT2D eigenvalue weighted by molar-refractivity contribution is 0.0892. The minimum absolute atomic E-state index is 0.113. The van der Waals surface area contributed by atoms with Crippen LogP contribution >= 0.6 is 0 Å². The van der Waals surface area contributed by atoms with Crippen molar-refractivity contribution in [2.24, 2.45) is 0 Å². The molecule has 1 unspecified atom stereocenters. The second-order valence-electron chi connectivity index (χ2n) is 5.49. The molecule has 1 aromatic rings. The van der Waals surface area contributed by atoms with E-state index in [1.807, 2.05) is 0 Å². The molecule has 0 bridgehead atoms. The highest BCUT2D eigenvalue weighted by Crippen LogP contribution is 2.32. The van der Waals surface area contributed by atoms with E-state index in [4.69, 9.17) is 14.2 Å². The van der Waals surface area contributed by atoms with Crippen molar-refractivity contribution in [2.75, 3.05) is 33.6 Å². The van der Waals surface area contributed by atoms with Crippen LogP contribution in [0, 0.1) is 0 Å². The molecule has 0 aromatic heterocycles. The maximum absolute atomic E-state index is 12.3. The molecule has 0 radical (unpaired) electrons. The third kappa shape index (κ3) is 2.96. The number of fused-ring (bicyclic) bond motifs is 1. The van der Waals surface area contributed by atoms with Gasteiger partial charge in [0.05, 0.1) is 12.1 Å². The number of rotatable bonds is 5. The van der Waals surface area contributed by atoms with Crippen molar-refractivity contribution in [3.8, 4) is 11.5 Å². The fourth-order valence-electron chi connectivity index (χ4n) is 2.86. The Labute approximate surface area is 123 Å². The smallest absolute Gasteiger partial charge is 0.251 e. The van der Waals surface area contributed by atoms with Gasteiger partial charge in [0.1, 0.15) is 0 Å². The van der Waals surface area contributed by atoms with Crippen LogP contribution < -0.4 is 20.1 Å². The first-order valence-corrected chi connectivity index (χ1v) is 7.14. The van der Waals surface area contributed by atoms with Crippen LogP contribution in [-0.4, -0.2) is 45.0 Å². The summed E-state index contributed by atoms with van der Waals surface area (Å²) in [7, 11) is 1.68. The molecular formula is C15H20N2O4. The lowest BCUT2D eigenvalue weighted by Gasteiger charge is -2.28. The van der Waals surface area contributed by atoms with Gasteiger partial charge in [0, 0.05) is 19.2 Å². The number of nitrogens with one attached hydrogen (secondary N) is 2. The Morgan fingerprint density at radius 3 is 3.05 bits per heavy atom. The van der Waals surface area contributed by atoms with E-state index < -0.39 is 0 Å². The molecule has 3 rings (SSSR count). The third-order valence-corrected chi connectivity index (χ3v) is 3.97.